The average Bonchev–Trinajstić information content (AvgIpc) is 2.92. The van der Waals surface area contributed by atoms with Gasteiger partial charge in [-0.3, -0.25) is 0 Å². The van der Waals surface area contributed by atoms with Crippen LogP contribution in [0.2, 0.25) is 0 Å². The van der Waals surface area contributed by atoms with Gasteiger partial charge in [0.2, 0.25) is 0 Å². The fourth-order valence-corrected chi connectivity index (χ4v) is 3.50. The molecule has 0 fully saturated rings. The molecule has 5 nitrogen and oxygen atoms in total. The number of hydrogen-bond donors (Lipinski definition) is 2. The molecule has 1 aromatic heterocycles. The molecule has 0 amide bonds. The van der Waals surface area contributed by atoms with E-state index in [0.29, 0.717) is 17.3 Å². The lowest BCUT2D eigenvalue weighted by atomic mass is 9.78. The minimum Gasteiger partial charge on any atom is -0.507 e. The summed E-state index contributed by atoms with van der Waals surface area (Å²) in [7, 11) is 1.91. The van der Waals surface area contributed by atoms with Gasteiger partial charge in [0, 0.05) is 23.7 Å². The third-order valence-corrected chi connectivity index (χ3v) is 5.10. The fraction of sp³-hybridized carbons (Fsp3) is 0.391. The van der Waals surface area contributed by atoms with Crippen molar-refractivity contribution in [3.8, 4) is 5.75 Å². The van der Waals surface area contributed by atoms with E-state index in [1.165, 1.54) is 0 Å². The zero-order valence-electron chi connectivity index (χ0n) is 17.7. The Morgan fingerprint density at radius 2 is 1.50 bits per heavy atom. The van der Waals surface area contributed by atoms with Gasteiger partial charge in [-0.25, -0.2) is 4.98 Å². The van der Waals surface area contributed by atoms with Crippen molar-refractivity contribution < 1.29 is 10.3 Å². The summed E-state index contributed by atoms with van der Waals surface area (Å²) in [6, 6.07) is 11.6. The molecule has 1 heterocycles. The first-order chi connectivity index (χ1) is 12.9. The van der Waals surface area contributed by atoms with Crippen molar-refractivity contribution in [3.63, 3.8) is 0 Å². The van der Waals surface area contributed by atoms with E-state index in [1.54, 1.807) is 0 Å². The van der Waals surface area contributed by atoms with Gasteiger partial charge < -0.3 is 14.9 Å². The standard InChI is InChI=1S/C23H29N3O2/c1-22(2,3)15-12-14(13-16(20(15)27)23(4,5)6)19(25-28)21-24-17-10-8-9-11-18(17)26(21)7/h8-13,27-28H,1-7H3/b25-19+. The van der Waals surface area contributed by atoms with Crippen LogP contribution in [-0.2, 0) is 17.9 Å². The molecule has 0 aliphatic carbocycles. The van der Waals surface area contributed by atoms with Crippen molar-refractivity contribution in [2.75, 3.05) is 0 Å². The second-order valence-electron chi connectivity index (χ2n) is 9.35. The van der Waals surface area contributed by atoms with Gasteiger partial charge >= 0.3 is 0 Å². The Morgan fingerprint density at radius 1 is 0.964 bits per heavy atom. The van der Waals surface area contributed by atoms with Crippen molar-refractivity contribution in [3.05, 3.63) is 58.9 Å². The summed E-state index contributed by atoms with van der Waals surface area (Å²) < 4.78 is 1.92. The van der Waals surface area contributed by atoms with E-state index < -0.39 is 0 Å². The summed E-state index contributed by atoms with van der Waals surface area (Å²) in [5.41, 5.74) is 4.00. The first kappa shape index (κ1) is 19.9. The Labute approximate surface area is 166 Å². The molecule has 0 aliphatic heterocycles. The molecule has 0 saturated heterocycles. The molecule has 28 heavy (non-hydrogen) atoms. The van der Waals surface area contributed by atoms with E-state index in [1.807, 2.05) is 48.0 Å². The molecule has 0 unspecified atom stereocenters. The third-order valence-electron chi connectivity index (χ3n) is 5.10. The molecule has 0 atom stereocenters. The molecule has 2 N–H and O–H groups in total. The maximum absolute atomic E-state index is 11.0. The zero-order chi connectivity index (χ0) is 20.9. The molecule has 0 aliphatic rings. The van der Waals surface area contributed by atoms with Crippen LogP contribution in [0.15, 0.2) is 41.6 Å². The Hall–Kier alpha value is -2.82. The van der Waals surface area contributed by atoms with Crippen LogP contribution in [0.4, 0.5) is 0 Å². The minimum atomic E-state index is -0.271. The van der Waals surface area contributed by atoms with Gasteiger partial charge in [-0.15, -0.1) is 0 Å². The molecular formula is C23H29N3O2. The van der Waals surface area contributed by atoms with E-state index >= 15 is 0 Å². The number of aromatic hydroxyl groups is 1. The zero-order valence-corrected chi connectivity index (χ0v) is 17.7. The maximum Gasteiger partial charge on any atom is 0.163 e. The number of imidazole rings is 1. The molecule has 5 heteroatoms. The summed E-state index contributed by atoms with van der Waals surface area (Å²) in [6.07, 6.45) is 0. The smallest absolute Gasteiger partial charge is 0.163 e. The largest absolute Gasteiger partial charge is 0.507 e. The van der Waals surface area contributed by atoms with Gasteiger partial charge in [-0.2, -0.15) is 0 Å². The van der Waals surface area contributed by atoms with E-state index in [9.17, 15) is 10.3 Å². The fourth-order valence-electron chi connectivity index (χ4n) is 3.50. The van der Waals surface area contributed by atoms with Gasteiger partial charge in [0.15, 0.2) is 11.5 Å². The van der Waals surface area contributed by atoms with E-state index in [4.69, 9.17) is 0 Å². The molecule has 0 saturated carbocycles. The number of benzene rings is 2. The van der Waals surface area contributed by atoms with Crippen LogP contribution in [0, 0.1) is 0 Å². The summed E-state index contributed by atoms with van der Waals surface area (Å²) in [6.45, 7) is 12.4. The lowest BCUT2D eigenvalue weighted by Crippen LogP contribution is -2.20. The molecule has 0 radical (unpaired) electrons. The number of aryl methyl sites for hydroxylation is 1. The molecule has 2 aromatic carbocycles. The monoisotopic (exact) mass is 379 g/mol. The summed E-state index contributed by atoms with van der Waals surface area (Å²) in [5, 5.41) is 24.5. The highest BCUT2D eigenvalue weighted by molar-refractivity contribution is 6.12. The number of nitrogens with zero attached hydrogens (tertiary/aromatic N) is 3. The van der Waals surface area contributed by atoms with Gasteiger partial charge in [-0.05, 0) is 35.1 Å². The quantitative estimate of drug-likeness (QED) is 0.370. The van der Waals surface area contributed by atoms with Crippen LogP contribution < -0.4 is 0 Å². The Kier molecular flexibility index (Phi) is 4.74. The number of phenols is 1. The first-order valence-electron chi connectivity index (χ1n) is 9.47. The molecular weight excluding hydrogens is 350 g/mol. The second-order valence-corrected chi connectivity index (χ2v) is 9.35. The summed E-state index contributed by atoms with van der Waals surface area (Å²) in [5.74, 6) is 0.875. The number of para-hydroxylation sites is 2. The predicted octanol–water partition coefficient (Wildman–Crippen LogP) is 5.10. The first-order valence-corrected chi connectivity index (χ1v) is 9.47. The van der Waals surface area contributed by atoms with Crippen molar-refractivity contribution in [1.29, 1.82) is 0 Å². The van der Waals surface area contributed by atoms with Crippen LogP contribution in [0.25, 0.3) is 11.0 Å². The highest BCUT2D eigenvalue weighted by Crippen LogP contribution is 2.40. The van der Waals surface area contributed by atoms with Gasteiger partial charge in [0.1, 0.15) is 5.75 Å². The number of hydrogen-bond acceptors (Lipinski definition) is 4. The number of phenolic OH excluding ortho intramolecular Hbond substituents is 1. The average molecular weight is 380 g/mol. The summed E-state index contributed by atoms with van der Waals surface area (Å²) in [4.78, 5) is 4.68. The van der Waals surface area contributed by atoms with Crippen LogP contribution in [-0.4, -0.2) is 25.6 Å². The van der Waals surface area contributed by atoms with Crippen LogP contribution in [0.5, 0.6) is 5.75 Å². The Balaban J connectivity index is 2.30. The van der Waals surface area contributed by atoms with Gasteiger partial charge in [0.25, 0.3) is 0 Å². The van der Waals surface area contributed by atoms with Gasteiger partial charge in [-0.1, -0.05) is 58.8 Å². The minimum absolute atomic E-state index is 0.271. The normalized spacial score (nSPS) is 13.3. The predicted molar refractivity (Wildman–Crippen MR) is 114 cm³/mol. The van der Waals surface area contributed by atoms with E-state index in [2.05, 4.69) is 51.7 Å². The SMILES string of the molecule is Cn1c(/C(=N/O)c2cc(C(C)(C)C)c(O)c(C(C)(C)C)c2)nc2ccccc21. The molecule has 3 rings (SSSR count). The van der Waals surface area contributed by atoms with Crippen LogP contribution >= 0.6 is 0 Å². The molecule has 0 spiro atoms. The number of fused-ring (bicyclic) bond motifs is 1. The number of aromatic nitrogens is 2. The number of oxime groups is 1. The Morgan fingerprint density at radius 3 is 1.96 bits per heavy atom. The van der Waals surface area contributed by atoms with Gasteiger partial charge in [0.05, 0.1) is 11.0 Å². The van der Waals surface area contributed by atoms with Crippen molar-refractivity contribution in [1.82, 2.24) is 9.55 Å². The third kappa shape index (κ3) is 3.37. The Bertz CT molecular complexity index is 1030. The molecule has 148 valence electrons. The van der Waals surface area contributed by atoms with Crippen molar-refractivity contribution in [2.45, 2.75) is 52.4 Å². The highest BCUT2D eigenvalue weighted by atomic mass is 16.4. The maximum atomic E-state index is 11.0. The molecule has 3 aromatic rings. The van der Waals surface area contributed by atoms with E-state index in [-0.39, 0.29) is 10.8 Å². The number of rotatable bonds is 2. The lowest BCUT2D eigenvalue weighted by molar-refractivity contribution is 0.319. The van der Waals surface area contributed by atoms with Crippen molar-refractivity contribution in [2.24, 2.45) is 12.2 Å². The highest BCUT2D eigenvalue weighted by Gasteiger charge is 2.28. The topological polar surface area (TPSA) is 70.6 Å². The lowest BCUT2D eigenvalue weighted by Gasteiger charge is -2.28. The van der Waals surface area contributed by atoms with Crippen molar-refractivity contribution >= 4 is 16.7 Å². The summed E-state index contributed by atoms with van der Waals surface area (Å²) >= 11 is 0. The molecule has 0 bridgehead atoms. The second kappa shape index (κ2) is 6.66. The van der Waals surface area contributed by atoms with Crippen LogP contribution in [0.1, 0.15) is 64.1 Å². The van der Waals surface area contributed by atoms with Crippen LogP contribution in [0.3, 0.4) is 0 Å². The van der Waals surface area contributed by atoms with E-state index in [0.717, 1.165) is 27.7 Å².